The molecule has 0 radical (unpaired) electrons. The Labute approximate surface area is 101 Å². The molecule has 1 rings (SSSR count). The molecule has 1 aromatic heterocycles. The second-order valence-electron chi connectivity index (χ2n) is 3.84. The van der Waals surface area contributed by atoms with Gasteiger partial charge in [0, 0.05) is 17.8 Å². The van der Waals surface area contributed by atoms with Gasteiger partial charge in [0.1, 0.15) is 5.75 Å². The lowest BCUT2D eigenvalue weighted by molar-refractivity contribution is 0.444. The normalized spacial score (nSPS) is 11.8. The number of pyridine rings is 1. The Morgan fingerprint density at radius 1 is 1.24 bits per heavy atom. The first kappa shape index (κ1) is 13.8. The van der Waals surface area contributed by atoms with Gasteiger partial charge in [-0.15, -0.1) is 0 Å². The fourth-order valence-corrected chi connectivity index (χ4v) is 2.84. The first-order valence-electron chi connectivity index (χ1n) is 5.43. The first-order valence-corrected chi connectivity index (χ1v) is 7.08. The molecule has 0 spiro atoms. The zero-order chi connectivity index (χ0) is 13.4. The molecule has 0 bridgehead atoms. The molecule has 1 heterocycles. The lowest BCUT2D eigenvalue weighted by Gasteiger charge is -2.15. The largest absolute Gasteiger partial charge is 0.506 e. The summed E-state index contributed by atoms with van der Waals surface area (Å²) in [6.07, 6.45) is 0. The van der Waals surface area contributed by atoms with Crippen LogP contribution in [-0.4, -0.2) is 23.8 Å². The molecule has 0 saturated carbocycles. The summed E-state index contributed by atoms with van der Waals surface area (Å²) in [6.45, 7) is 6.86. The summed E-state index contributed by atoms with van der Waals surface area (Å²) in [6, 6.07) is 0. The zero-order valence-corrected chi connectivity index (χ0v) is 11.3. The van der Waals surface area contributed by atoms with Gasteiger partial charge in [-0.3, -0.25) is 4.79 Å². The van der Waals surface area contributed by atoms with Gasteiger partial charge in [-0.1, -0.05) is 6.92 Å². The van der Waals surface area contributed by atoms with Crippen LogP contribution in [-0.2, 0) is 16.4 Å². The van der Waals surface area contributed by atoms with Gasteiger partial charge in [0.15, 0.2) is 14.7 Å². The zero-order valence-electron chi connectivity index (χ0n) is 10.4. The third-order valence-corrected chi connectivity index (χ3v) is 4.71. The van der Waals surface area contributed by atoms with Crippen LogP contribution in [0.4, 0.5) is 0 Å². The summed E-state index contributed by atoms with van der Waals surface area (Å²) in [5, 5.41) is 9.85. The SMILES string of the molecule is CCn1c(C)c(C)c(O)c(S(=O)(=O)CC)c1=O. The van der Waals surface area contributed by atoms with Gasteiger partial charge in [-0.25, -0.2) is 8.42 Å². The molecule has 0 amide bonds. The predicted octanol–water partition coefficient (Wildman–Crippen LogP) is 0.984. The lowest BCUT2D eigenvalue weighted by Crippen LogP contribution is -2.28. The number of sulfone groups is 1. The molecule has 0 saturated heterocycles. The number of nitrogens with zero attached hydrogens (tertiary/aromatic N) is 1. The fraction of sp³-hybridized carbons (Fsp3) is 0.545. The molecular formula is C11H17NO4S. The Hall–Kier alpha value is -1.30. The molecule has 17 heavy (non-hydrogen) atoms. The van der Waals surface area contributed by atoms with E-state index in [1.165, 1.54) is 11.5 Å². The molecular weight excluding hydrogens is 242 g/mol. The van der Waals surface area contributed by atoms with E-state index in [0.717, 1.165) is 0 Å². The summed E-state index contributed by atoms with van der Waals surface area (Å²) < 4.78 is 25.0. The van der Waals surface area contributed by atoms with Crippen LogP contribution in [0.15, 0.2) is 9.69 Å². The molecule has 1 aromatic rings. The fourth-order valence-electron chi connectivity index (χ4n) is 1.73. The highest BCUT2D eigenvalue weighted by Gasteiger charge is 2.25. The van der Waals surface area contributed by atoms with Gasteiger partial charge in [-0.2, -0.15) is 0 Å². The highest BCUT2D eigenvalue weighted by molar-refractivity contribution is 7.91. The number of aromatic hydroxyl groups is 1. The first-order chi connectivity index (χ1) is 7.77. The van der Waals surface area contributed by atoms with Crippen molar-refractivity contribution in [2.24, 2.45) is 0 Å². The van der Waals surface area contributed by atoms with E-state index in [2.05, 4.69) is 0 Å². The summed E-state index contributed by atoms with van der Waals surface area (Å²) in [7, 11) is -3.71. The van der Waals surface area contributed by atoms with E-state index in [9.17, 15) is 18.3 Å². The van der Waals surface area contributed by atoms with Crippen LogP contribution in [0.3, 0.4) is 0 Å². The van der Waals surface area contributed by atoms with E-state index in [1.807, 2.05) is 0 Å². The Bertz CT molecular complexity index is 599. The standard InChI is InChI=1S/C11H17NO4S/c1-5-12-8(4)7(3)9(13)10(11(12)14)17(15,16)6-2/h13H,5-6H2,1-4H3. The van der Waals surface area contributed by atoms with Crippen molar-refractivity contribution in [1.29, 1.82) is 0 Å². The second-order valence-corrected chi connectivity index (χ2v) is 6.06. The molecule has 0 fully saturated rings. The van der Waals surface area contributed by atoms with Gasteiger partial charge in [0.2, 0.25) is 0 Å². The predicted molar refractivity (Wildman–Crippen MR) is 65.2 cm³/mol. The van der Waals surface area contributed by atoms with Crippen molar-refractivity contribution in [2.75, 3.05) is 5.75 Å². The van der Waals surface area contributed by atoms with Gasteiger partial charge in [0.05, 0.1) is 5.75 Å². The minimum atomic E-state index is -3.71. The van der Waals surface area contributed by atoms with Crippen LogP contribution in [0.5, 0.6) is 5.75 Å². The maximum atomic E-state index is 12.0. The molecule has 1 N–H and O–H groups in total. The van der Waals surface area contributed by atoms with Crippen LogP contribution in [0.25, 0.3) is 0 Å². The monoisotopic (exact) mass is 259 g/mol. The molecule has 0 unspecified atom stereocenters. The van der Waals surface area contributed by atoms with Crippen molar-refractivity contribution in [2.45, 2.75) is 39.1 Å². The average Bonchev–Trinajstić information content (AvgIpc) is 2.27. The van der Waals surface area contributed by atoms with Gasteiger partial charge in [-0.05, 0) is 20.8 Å². The minimum absolute atomic E-state index is 0.206. The molecule has 0 aliphatic heterocycles. The number of rotatable bonds is 3. The van der Waals surface area contributed by atoms with Crippen molar-refractivity contribution < 1.29 is 13.5 Å². The Morgan fingerprint density at radius 2 is 1.76 bits per heavy atom. The highest BCUT2D eigenvalue weighted by Crippen LogP contribution is 2.26. The van der Waals surface area contributed by atoms with Crippen molar-refractivity contribution in [3.8, 4) is 5.75 Å². The molecule has 0 aliphatic carbocycles. The smallest absolute Gasteiger partial charge is 0.273 e. The highest BCUT2D eigenvalue weighted by atomic mass is 32.2. The number of aromatic nitrogens is 1. The Balaban J connectivity index is 3.88. The van der Waals surface area contributed by atoms with E-state index in [1.54, 1.807) is 20.8 Å². The van der Waals surface area contributed by atoms with Crippen molar-refractivity contribution in [1.82, 2.24) is 4.57 Å². The quantitative estimate of drug-likeness (QED) is 0.878. The summed E-state index contributed by atoms with van der Waals surface area (Å²) in [5.41, 5.74) is 0.374. The third kappa shape index (κ3) is 2.09. The Kier molecular flexibility index (Phi) is 3.66. The van der Waals surface area contributed by atoms with Gasteiger partial charge in [0.25, 0.3) is 5.56 Å². The molecule has 0 aromatic carbocycles. The summed E-state index contributed by atoms with van der Waals surface area (Å²) >= 11 is 0. The van der Waals surface area contributed by atoms with Crippen molar-refractivity contribution >= 4 is 9.84 Å². The van der Waals surface area contributed by atoms with Crippen molar-refractivity contribution in [3.63, 3.8) is 0 Å². The van der Waals surface area contributed by atoms with E-state index in [-0.39, 0.29) is 5.75 Å². The minimum Gasteiger partial charge on any atom is -0.506 e. The van der Waals surface area contributed by atoms with Gasteiger partial charge < -0.3 is 9.67 Å². The van der Waals surface area contributed by atoms with E-state index >= 15 is 0 Å². The topological polar surface area (TPSA) is 76.4 Å². The molecule has 0 aliphatic rings. The summed E-state index contributed by atoms with van der Waals surface area (Å²) in [4.78, 5) is 11.5. The van der Waals surface area contributed by atoms with Crippen LogP contribution in [0.2, 0.25) is 0 Å². The second kappa shape index (κ2) is 4.52. The molecule has 6 heteroatoms. The average molecular weight is 259 g/mol. The maximum Gasteiger partial charge on any atom is 0.273 e. The number of hydrogen-bond donors (Lipinski definition) is 1. The molecule has 0 atom stereocenters. The van der Waals surface area contributed by atoms with Crippen molar-refractivity contribution in [3.05, 3.63) is 21.6 Å². The lowest BCUT2D eigenvalue weighted by atomic mass is 10.2. The summed E-state index contributed by atoms with van der Waals surface area (Å²) in [5.74, 6) is -0.624. The van der Waals surface area contributed by atoms with E-state index < -0.39 is 26.0 Å². The number of hydrogen-bond acceptors (Lipinski definition) is 4. The maximum absolute atomic E-state index is 12.0. The van der Waals surface area contributed by atoms with E-state index in [4.69, 9.17) is 0 Å². The van der Waals surface area contributed by atoms with Crippen LogP contribution < -0.4 is 5.56 Å². The van der Waals surface area contributed by atoms with Gasteiger partial charge >= 0.3 is 0 Å². The van der Waals surface area contributed by atoms with E-state index in [0.29, 0.717) is 17.8 Å². The third-order valence-electron chi connectivity index (χ3n) is 2.96. The van der Waals surface area contributed by atoms with Crippen LogP contribution in [0.1, 0.15) is 25.1 Å². The molecule has 5 nitrogen and oxygen atoms in total. The Morgan fingerprint density at radius 3 is 2.18 bits per heavy atom. The van der Waals surface area contributed by atoms with Crippen LogP contribution in [0, 0.1) is 13.8 Å². The molecule has 96 valence electrons. The van der Waals surface area contributed by atoms with Crippen LogP contribution >= 0.6 is 0 Å².